The summed E-state index contributed by atoms with van der Waals surface area (Å²) in [5.74, 6) is 0.473. The molecule has 0 bridgehead atoms. The SMILES string of the molecule is O=C(CO)N1CC[C@]2(C1)C(=O)N(CC1CC1)c1ccccc12. The predicted octanol–water partition coefficient (Wildman–Crippen LogP) is 0.906. The van der Waals surface area contributed by atoms with Crippen LogP contribution in [0.5, 0.6) is 0 Å². The van der Waals surface area contributed by atoms with Crippen LogP contribution in [-0.4, -0.2) is 48.1 Å². The highest BCUT2D eigenvalue weighted by atomic mass is 16.3. The van der Waals surface area contributed by atoms with Crippen LogP contribution in [0.1, 0.15) is 24.8 Å². The molecule has 5 nitrogen and oxygen atoms in total. The molecular formula is C17H20N2O3. The number of para-hydroxylation sites is 1. The Morgan fingerprint density at radius 2 is 2.09 bits per heavy atom. The van der Waals surface area contributed by atoms with Gasteiger partial charge in [0.05, 0.1) is 5.41 Å². The monoisotopic (exact) mass is 300 g/mol. The van der Waals surface area contributed by atoms with Gasteiger partial charge in [0, 0.05) is 25.3 Å². The van der Waals surface area contributed by atoms with Crippen LogP contribution in [0.4, 0.5) is 5.69 Å². The Balaban J connectivity index is 1.71. The van der Waals surface area contributed by atoms with Crippen molar-refractivity contribution in [2.24, 2.45) is 5.92 Å². The molecule has 1 atom stereocenters. The fourth-order valence-corrected chi connectivity index (χ4v) is 3.85. The molecule has 2 aliphatic heterocycles. The van der Waals surface area contributed by atoms with Gasteiger partial charge in [0.2, 0.25) is 11.8 Å². The largest absolute Gasteiger partial charge is 0.387 e. The quantitative estimate of drug-likeness (QED) is 0.902. The van der Waals surface area contributed by atoms with Crippen molar-refractivity contribution in [2.45, 2.75) is 24.7 Å². The van der Waals surface area contributed by atoms with Crippen LogP contribution in [0.2, 0.25) is 0 Å². The highest BCUT2D eigenvalue weighted by Crippen LogP contribution is 2.48. The lowest BCUT2D eigenvalue weighted by Crippen LogP contribution is -2.44. The van der Waals surface area contributed by atoms with E-state index in [4.69, 9.17) is 5.11 Å². The summed E-state index contributed by atoms with van der Waals surface area (Å²) < 4.78 is 0. The Labute approximate surface area is 129 Å². The van der Waals surface area contributed by atoms with Gasteiger partial charge in [-0.2, -0.15) is 0 Å². The van der Waals surface area contributed by atoms with Crippen LogP contribution in [0.15, 0.2) is 24.3 Å². The molecule has 1 aliphatic carbocycles. The van der Waals surface area contributed by atoms with Crippen molar-refractivity contribution < 1.29 is 14.7 Å². The maximum Gasteiger partial charge on any atom is 0.248 e. The van der Waals surface area contributed by atoms with Crippen molar-refractivity contribution in [3.05, 3.63) is 29.8 Å². The number of benzene rings is 1. The summed E-state index contributed by atoms with van der Waals surface area (Å²) in [7, 11) is 0. The maximum atomic E-state index is 13.1. The molecule has 22 heavy (non-hydrogen) atoms. The van der Waals surface area contributed by atoms with E-state index in [1.165, 1.54) is 12.8 Å². The number of rotatable bonds is 3. The van der Waals surface area contributed by atoms with Crippen LogP contribution < -0.4 is 4.90 Å². The summed E-state index contributed by atoms with van der Waals surface area (Å²) in [6, 6.07) is 7.97. The summed E-state index contributed by atoms with van der Waals surface area (Å²) in [5.41, 5.74) is 1.46. The lowest BCUT2D eigenvalue weighted by Gasteiger charge is -2.24. The van der Waals surface area contributed by atoms with Crippen LogP contribution in [-0.2, 0) is 15.0 Å². The number of hydrogen-bond acceptors (Lipinski definition) is 3. The fourth-order valence-electron chi connectivity index (χ4n) is 3.85. The molecule has 1 N–H and O–H groups in total. The van der Waals surface area contributed by atoms with E-state index in [0.717, 1.165) is 17.8 Å². The topological polar surface area (TPSA) is 60.9 Å². The first kappa shape index (κ1) is 13.8. The van der Waals surface area contributed by atoms with Gasteiger partial charge in [0.15, 0.2) is 0 Å². The van der Waals surface area contributed by atoms with Crippen molar-refractivity contribution in [1.29, 1.82) is 0 Å². The summed E-state index contributed by atoms with van der Waals surface area (Å²) >= 11 is 0. The molecule has 0 radical (unpaired) electrons. The summed E-state index contributed by atoms with van der Waals surface area (Å²) in [5, 5.41) is 9.08. The fraction of sp³-hybridized carbons (Fsp3) is 0.529. The second-order valence-electron chi connectivity index (χ2n) is 6.68. The van der Waals surface area contributed by atoms with E-state index in [1.807, 2.05) is 29.2 Å². The van der Waals surface area contributed by atoms with E-state index in [2.05, 4.69) is 0 Å². The van der Waals surface area contributed by atoms with E-state index < -0.39 is 12.0 Å². The molecule has 0 aromatic heterocycles. The number of carbonyl (C=O) groups is 2. The van der Waals surface area contributed by atoms with Crippen molar-refractivity contribution in [2.75, 3.05) is 31.1 Å². The number of aliphatic hydroxyl groups is 1. The molecule has 1 spiro atoms. The number of carbonyl (C=O) groups excluding carboxylic acids is 2. The highest BCUT2D eigenvalue weighted by molar-refractivity contribution is 6.09. The van der Waals surface area contributed by atoms with Crippen LogP contribution >= 0.6 is 0 Å². The zero-order chi connectivity index (χ0) is 15.3. The van der Waals surface area contributed by atoms with Gasteiger partial charge in [-0.15, -0.1) is 0 Å². The van der Waals surface area contributed by atoms with Gasteiger partial charge in [0.1, 0.15) is 6.61 Å². The van der Waals surface area contributed by atoms with E-state index in [0.29, 0.717) is 25.4 Å². The van der Waals surface area contributed by atoms with Crippen molar-refractivity contribution in [3.8, 4) is 0 Å². The molecule has 2 fully saturated rings. The van der Waals surface area contributed by atoms with Crippen LogP contribution in [0, 0.1) is 5.92 Å². The number of amides is 2. The minimum absolute atomic E-state index is 0.133. The first-order chi connectivity index (χ1) is 10.7. The molecule has 1 saturated heterocycles. The Kier molecular flexibility index (Phi) is 3.01. The van der Waals surface area contributed by atoms with Gasteiger partial charge in [-0.1, -0.05) is 18.2 Å². The number of nitrogens with zero attached hydrogens (tertiary/aromatic N) is 2. The normalized spacial score (nSPS) is 26.9. The van der Waals surface area contributed by atoms with Crippen molar-refractivity contribution >= 4 is 17.5 Å². The first-order valence-corrected chi connectivity index (χ1v) is 7.96. The average Bonchev–Trinajstić information content (AvgIpc) is 3.21. The van der Waals surface area contributed by atoms with E-state index in [9.17, 15) is 9.59 Å². The summed E-state index contributed by atoms with van der Waals surface area (Å²) in [4.78, 5) is 28.5. The van der Waals surface area contributed by atoms with E-state index in [-0.39, 0.29) is 11.8 Å². The number of hydrogen-bond donors (Lipinski definition) is 1. The molecule has 1 aromatic rings. The molecule has 4 rings (SSSR count). The van der Waals surface area contributed by atoms with Gasteiger partial charge in [0.25, 0.3) is 0 Å². The molecular weight excluding hydrogens is 280 g/mol. The van der Waals surface area contributed by atoms with Crippen LogP contribution in [0.3, 0.4) is 0 Å². The Hall–Kier alpha value is -1.88. The number of likely N-dealkylation sites (tertiary alicyclic amines) is 1. The number of fused-ring (bicyclic) bond motifs is 2. The summed E-state index contributed by atoms with van der Waals surface area (Å²) in [6.45, 7) is 1.24. The van der Waals surface area contributed by atoms with Gasteiger partial charge < -0.3 is 14.9 Å². The molecule has 0 unspecified atom stereocenters. The molecule has 5 heteroatoms. The zero-order valence-corrected chi connectivity index (χ0v) is 12.5. The minimum atomic E-state index is -0.601. The third kappa shape index (κ3) is 1.88. The smallest absolute Gasteiger partial charge is 0.248 e. The molecule has 2 heterocycles. The van der Waals surface area contributed by atoms with Gasteiger partial charge in [-0.05, 0) is 36.8 Å². The van der Waals surface area contributed by atoms with Crippen molar-refractivity contribution in [3.63, 3.8) is 0 Å². The molecule has 1 aromatic carbocycles. The third-order valence-electron chi connectivity index (χ3n) is 5.26. The lowest BCUT2D eigenvalue weighted by molar-refractivity contribution is -0.133. The molecule has 3 aliphatic rings. The first-order valence-electron chi connectivity index (χ1n) is 7.96. The maximum absolute atomic E-state index is 13.1. The molecule has 116 valence electrons. The Bertz CT molecular complexity index is 641. The Morgan fingerprint density at radius 1 is 1.32 bits per heavy atom. The average molecular weight is 300 g/mol. The predicted molar refractivity (Wildman–Crippen MR) is 81.5 cm³/mol. The van der Waals surface area contributed by atoms with Gasteiger partial charge in [-0.3, -0.25) is 9.59 Å². The molecule has 1 saturated carbocycles. The Morgan fingerprint density at radius 3 is 2.82 bits per heavy atom. The second kappa shape index (κ2) is 4.81. The van der Waals surface area contributed by atoms with Gasteiger partial charge >= 0.3 is 0 Å². The second-order valence-corrected chi connectivity index (χ2v) is 6.68. The standard InChI is InChI=1S/C17H20N2O3/c20-10-15(21)18-8-7-17(11-18)13-3-1-2-4-14(13)19(16(17)22)9-12-5-6-12/h1-4,12,20H,5-11H2/t17-/m1/s1. The molecule has 2 amide bonds. The number of aliphatic hydroxyl groups excluding tert-OH is 1. The van der Waals surface area contributed by atoms with Gasteiger partial charge in [-0.25, -0.2) is 0 Å². The van der Waals surface area contributed by atoms with Crippen molar-refractivity contribution in [1.82, 2.24) is 4.90 Å². The zero-order valence-electron chi connectivity index (χ0n) is 12.5. The highest BCUT2D eigenvalue weighted by Gasteiger charge is 2.55. The lowest BCUT2D eigenvalue weighted by atomic mass is 9.81. The third-order valence-corrected chi connectivity index (χ3v) is 5.26. The summed E-state index contributed by atoms with van der Waals surface area (Å²) in [6.07, 6.45) is 3.05. The number of anilines is 1. The van der Waals surface area contributed by atoms with E-state index in [1.54, 1.807) is 4.90 Å². The van der Waals surface area contributed by atoms with E-state index >= 15 is 0 Å². The minimum Gasteiger partial charge on any atom is -0.387 e. The van der Waals surface area contributed by atoms with Crippen LogP contribution in [0.25, 0.3) is 0 Å².